The van der Waals surface area contributed by atoms with Gasteiger partial charge in [-0.05, 0) is 25.5 Å². The fourth-order valence-electron chi connectivity index (χ4n) is 2.62. The largest absolute Gasteiger partial charge is 0.496 e. The van der Waals surface area contributed by atoms with Crippen LogP contribution in [-0.4, -0.2) is 42.8 Å². The first-order chi connectivity index (χ1) is 12.7. The highest BCUT2D eigenvalue weighted by Crippen LogP contribution is 2.38. The number of hydrogen-bond acceptors (Lipinski definition) is 4. The summed E-state index contributed by atoms with van der Waals surface area (Å²) >= 11 is 6.51. The summed E-state index contributed by atoms with van der Waals surface area (Å²) in [6.07, 6.45) is -3.69. The summed E-state index contributed by atoms with van der Waals surface area (Å²) in [5, 5.41) is 7.44. The molecule has 2 aromatic rings. The summed E-state index contributed by atoms with van der Waals surface area (Å²) in [5.41, 5.74) is 2.33. The number of nitrogens with one attached hydrogen (secondary N) is 1. The third-order valence-corrected chi connectivity index (χ3v) is 4.53. The van der Waals surface area contributed by atoms with E-state index in [1.807, 2.05) is 6.92 Å². The van der Waals surface area contributed by atoms with E-state index in [1.54, 1.807) is 23.9 Å². The summed E-state index contributed by atoms with van der Waals surface area (Å²) < 4.78 is 50.6. The number of halogens is 4. The number of rotatable bonds is 8. The predicted octanol–water partition coefficient (Wildman–Crippen LogP) is 4.78. The standard InChI is InChI=1S/C18H23ClF3N3O2/c1-5-14-16(19)17(25(24-14)8-9-26-3)13-7-6-12(10-15(13)27-4)23-11(2)18(20,21)22/h6-7,10-11,23H,5,8-9H2,1-4H3/t11-/m1/s1. The van der Waals surface area contributed by atoms with Crippen LogP contribution in [0.1, 0.15) is 19.5 Å². The molecule has 0 bridgehead atoms. The summed E-state index contributed by atoms with van der Waals surface area (Å²) in [6.45, 7) is 3.94. The van der Waals surface area contributed by atoms with Crippen LogP contribution in [-0.2, 0) is 17.7 Å². The Labute approximate surface area is 161 Å². The molecule has 0 aliphatic heterocycles. The molecule has 1 aromatic heterocycles. The number of nitrogens with zero attached hydrogens (tertiary/aromatic N) is 2. The van der Waals surface area contributed by atoms with E-state index in [2.05, 4.69) is 10.4 Å². The minimum absolute atomic E-state index is 0.301. The van der Waals surface area contributed by atoms with Crippen LogP contribution in [0.4, 0.5) is 18.9 Å². The molecule has 0 aliphatic carbocycles. The van der Waals surface area contributed by atoms with E-state index in [4.69, 9.17) is 21.1 Å². The van der Waals surface area contributed by atoms with Crippen molar-refractivity contribution in [2.45, 2.75) is 39.0 Å². The fraction of sp³-hybridized carbons (Fsp3) is 0.500. The zero-order valence-corrected chi connectivity index (χ0v) is 16.4. The minimum atomic E-state index is -4.34. The Morgan fingerprint density at radius 2 is 2.00 bits per heavy atom. The molecule has 0 amide bonds. The molecule has 1 N–H and O–H groups in total. The first kappa shape index (κ1) is 21.4. The Morgan fingerprint density at radius 3 is 2.56 bits per heavy atom. The number of ether oxygens (including phenoxy) is 2. The fourth-order valence-corrected chi connectivity index (χ4v) is 2.99. The van der Waals surface area contributed by atoms with Crippen molar-refractivity contribution in [3.05, 3.63) is 28.9 Å². The van der Waals surface area contributed by atoms with Crippen molar-refractivity contribution in [3.8, 4) is 17.0 Å². The van der Waals surface area contributed by atoms with E-state index in [-0.39, 0.29) is 0 Å². The van der Waals surface area contributed by atoms with Gasteiger partial charge in [0.05, 0.1) is 36.7 Å². The second kappa shape index (κ2) is 8.84. The van der Waals surface area contributed by atoms with E-state index in [1.165, 1.54) is 13.2 Å². The summed E-state index contributed by atoms with van der Waals surface area (Å²) in [7, 11) is 3.05. The Bertz CT molecular complexity index is 778. The van der Waals surface area contributed by atoms with Crippen molar-refractivity contribution in [1.29, 1.82) is 0 Å². The van der Waals surface area contributed by atoms with Crippen LogP contribution < -0.4 is 10.1 Å². The molecule has 27 heavy (non-hydrogen) atoms. The van der Waals surface area contributed by atoms with E-state index >= 15 is 0 Å². The van der Waals surface area contributed by atoms with Gasteiger partial charge in [-0.25, -0.2) is 0 Å². The molecule has 5 nitrogen and oxygen atoms in total. The smallest absolute Gasteiger partial charge is 0.408 e. The van der Waals surface area contributed by atoms with Gasteiger partial charge in [-0.3, -0.25) is 4.68 Å². The predicted molar refractivity (Wildman–Crippen MR) is 99.6 cm³/mol. The lowest BCUT2D eigenvalue weighted by atomic mass is 10.1. The highest BCUT2D eigenvalue weighted by Gasteiger charge is 2.36. The van der Waals surface area contributed by atoms with Crippen molar-refractivity contribution >= 4 is 17.3 Å². The van der Waals surface area contributed by atoms with Crippen LogP contribution in [0.15, 0.2) is 18.2 Å². The van der Waals surface area contributed by atoms with Crippen LogP contribution in [0.3, 0.4) is 0 Å². The zero-order chi connectivity index (χ0) is 20.2. The van der Waals surface area contributed by atoms with Crippen molar-refractivity contribution in [3.63, 3.8) is 0 Å². The van der Waals surface area contributed by atoms with Gasteiger partial charge in [0.15, 0.2) is 0 Å². The Morgan fingerprint density at radius 1 is 1.30 bits per heavy atom. The van der Waals surface area contributed by atoms with Gasteiger partial charge in [-0.1, -0.05) is 18.5 Å². The van der Waals surface area contributed by atoms with Gasteiger partial charge in [-0.2, -0.15) is 18.3 Å². The molecule has 1 aromatic carbocycles. The van der Waals surface area contributed by atoms with Crippen LogP contribution >= 0.6 is 11.6 Å². The molecule has 0 fully saturated rings. The molecule has 1 atom stereocenters. The van der Waals surface area contributed by atoms with Gasteiger partial charge in [0, 0.05) is 24.4 Å². The molecule has 0 spiro atoms. The Balaban J connectivity index is 2.45. The van der Waals surface area contributed by atoms with E-state index in [9.17, 15) is 13.2 Å². The normalized spacial score (nSPS) is 12.9. The third-order valence-electron chi connectivity index (χ3n) is 4.13. The lowest BCUT2D eigenvalue weighted by Crippen LogP contribution is -2.33. The van der Waals surface area contributed by atoms with Crippen LogP contribution in [0.5, 0.6) is 5.75 Å². The lowest BCUT2D eigenvalue weighted by Gasteiger charge is -2.19. The van der Waals surface area contributed by atoms with Gasteiger partial charge in [-0.15, -0.1) is 0 Å². The second-order valence-corrected chi connectivity index (χ2v) is 6.38. The highest BCUT2D eigenvalue weighted by atomic mass is 35.5. The summed E-state index contributed by atoms with van der Waals surface area (Å²) in [5.74, 6) is 0.400. The quantitative estimate of drug-likeness (QED) is 0.686. The van der Waals surface area contributed by atoms with Gasteiger partial charge < -0.3 is 14.8 Å². The maximum Gasteiger partial charge on any atom is 0.408 e. The highest BCUT2D eigenvalue weighted by molar-refractivity contribution is 6.33. The van der Waals surface area contributed by atoms with Crippen LogP contribution in [0.2, 0.25) is 5.02 Å². The zero-order valence-electron chi connectivity index (χ0n) is 15.7. The van der Waals surface area contributed by atoms with Crippen molar-refractivity contribution in [1.82, 2.24) is 9.78 Å². The lowest BCUT2D eigenvalue weighted by molar-refractivity contribution is -0.138. The average molecular weight is 406 g/mol. The number of aromatic nitrogens is 2. The molecular formula is C18H23ClF3N3O2. The van der Waals surface area contributed by atoms with E-state index in [0.29, 0.717) is 47.3 Å². The van der Waals surface area contributed by atoms with E-state index in [0.717, 1.165) is 12.6 Å². The van der Waals surface area contributed by atoms with Crippen molar-refractivity contribution in [2.75, 3.05) is 26.1 Å². The summed E-state index contributed by atoms with van der Waals surface area (Å²) in [4.78, 5) is 0. The molecule has 150 valence electrons. The number of aryl methyl sites for hydroxylation is 1. The minimum Gasteiger partial charge on any atom is -0.496 e. The monoisotopic (exact) mass is 405 g/mol. The molecule has 0 unspecified atom stereocenters. The molecule has 1 heterocycles. The van der Waals surface area contributed by atoms with Crippen molar-refractivity contribution < 1.29 is 22.6 Å². The molecular weight excluding hydrogens is 383 g/mol. The first-order valence-corrected chi connectivity index (χ1v) is 8.86. The number of benzene rings is 1. The topological polar surface area (TPSA) is 48.3 Å². The van der Waals surface area contributed by atoms with Gasteiger partial charge in [0.1, 0.15) is 11.8 Å². The number of anilines is 1. The molecule has 0 saturated heterocycles. The number of methoxy groups -OCH3 is 2. The van der Waals surface area contributed by atoms with Crippen LogP contribution in [0.25, 0.3) is 11.3 Å². The SMILES string of the molecule is CCc1nn(CCOC)c(-c2ccc(N[C@H](C)C(F)(F)F)cc2OC)c1Cl. The molecule has 0 saturated carbocycles. The summed E-state index contributed by atoms with van der Waals surface area (Å²) in [6, 6.07) is 3.08. The molecule has 2 rings (SSSR count). The van der Waals surface area contributed by atoms with Gasteiger partial charge >= 0.3 is 6.18 Å². The Kier molecular flexibility index (Phi) is 7.00. The second-order valence-electron chi connectivity index (χ2n) is 6.00. The maximum atomic E-state index is 12.8. The first-order valence-electron chi connectivity index (χ1n) is 8.48. The third kappa shape index (κ3) is 4.87. The molecule has 9 heteroatoms. The molecule has 0 radical (unpaired) electrons. The average Bonchev–Trinajstić information content (AvgIpc) is 2.94. The van der Waals surface area contributed by atoms with Gasteiger partial charge in [0.2, 0.25) is 0 Å². The number of alkyl halides is 3. The van der Waals surface area contributed by atoms with Crippen LogP contribution in [0, 0.1) is 0 Å². The van der Waals surface area contributed by atoms with E-state index < -0.39 is 12.2 Å². The maximum absolute atomic E-state index is 12.8. The number of hydrogen-bond donors (Lipinski definition) is 1. The van der Waals surface area contributed by atoms with Gasteiger partial charge in [0.25, 0.3) is 0 Å². The van der Waals surface area contributed by atoms with Crippen molar-refractivity contribution in [2.24, 2.45) is 0 Å². The Hall–Kier alpha value is -1.93. The molecule has 0 aliphatic rings.